The highest BCUT2D eigenvalue weighted by molar-refractivity contribution is 9.10. The van der Waals surface area contributed by atoms with Gasteiger partial charge in [0, 0.05) is 22.6 Å². The lowest BCUT2D eigenvalue weighted by Crippen LogP contribution is -2.12. The van der Waals surface area contributed by atoms with Gasteiger partial charge in [-0.05, 0) is 18.2 Å². The van der Waals surface area contributed by atoms with E-state index in [1.165, 1.54) is 0 Å². The van der Waals surface area contributed by atoms with Crippen LogP contribution in [-0.4, -0.2) is 31.5 Å². The molecule has 2 aromatic heterocycles. The van der Waals surface area contributed by atoms with E-state index in [2.05, 4.69) is 41.5 Å². The molecule has 0 aliphatic rings. The molecule has 1 aromatic carbocycles. The van der Waals surface area contributed by atoms with Crippen LogP contribution in [-0.2, 0) is 6.54 Å². The van der Waals surface area contributed by atoms with Crippen molar-refractivity contribution in [2.45, 2.75) is 6.54 Å². The highest BCUT2D eigenvalue weighted by Crippen LogP contribution is 2.22. The number of nitrogens with one attached hydrogen (secondary N) is 1. The first-order valence-electron chi connectivity index (χ1n) is 5.81. The molecule has 0 aliphatic heterocycles. The van der Waals surface area contributed by atoms with Gasteiger partial charge in [0.15, 0.2) is 0 Å². The molecular formula is C12H11BrN6. The monoisotopic (exact) mass is 318 g/mol. The number of hydrogen-bond acceptors (Lipinski definition) is 5. The molecule has 96 valence electrons. The Labute approximate surface area is 118 Å². The van der Waals surface area contributed by atoms with E-state index < -0.39 is 0 Å². The van der Waals surface area contributed by atoms with Gasteiger partial charge in [-0.3, -0.25) is 4.68 Å². The molecule has 3 aromatic rings. The van der Waals surface area contributed by atoms with Gasteiger partial charge >= 0.3 is 0 Å². The Morgan fingerprint density at radius 3 is 3.05 bits per heavy atom. The van der Waals surface area contributed by atoms with Crippen molar-refractivity contribution in [1.29, 1.82) is 0 Å². The molecule has 0 atom stereocenters. The molecular weight excluding hydrogens is 308 g/mol. The fraction of sp³-hybridized carbons (Fsp3) is 0.167. The highest BCUT2D eigenvalue weighted by Gasteiger charge is 2.03. The first-order valence-corrected chi connectivity index (χ1v) is 6.60. The molecule has 0 fully saturated rings. The summed E-state index contributed by atoms with van der Waals surface area (Å²) in [5.41, 5.74) is 0.918. The third-order valence-corrected chi connectivity index (χ3v) is 3.20. The molecule has 0 saturated heterocycles. The lowest BCUT2D eigenvalue weighted by Gasteiger charge is -2.08. The maximum Gasteiger partial charge on any atom is 0.137 e. The number of aromatic nitrogens is 5. The lowest BCUT2D eigenvalue weighted by molar-refractivity contribution is 0.608. The molecule has 0 amide bonds. The summed E-state index contributed by atoms with van der Waals surface area (Å²) >= 11 is 3.46. The quantitative estimate of drug-likeness (QED) is 0.797. The standard InChI is InChI=1S/C12H11BrN6/c13-9-1-2-11-10(7-9)12(16-8-15-11)14-3-5-19-6-4-17-18-19/h1-2,4,6-8H,3,5H2,(H,14,15,16). The summed E-state index contributed by atoms with van der Waals surface area (Å²) in [7, 11) is 0. The second kappa shape index (κ2) is 5.31. The van der Waals surface area contributed by atoms with E-state index in [4.69, 9.17) is 0 Å². The number of anilines is 1. The van der Waals surface area contributed by atoms with Gasteiger partial charge in [-0.2, -0.15) is 0 Å². The summed E-state index contributed by atoms with van der Waals surface area (Å²) in [6.07, 6.45) is 5.06. The highest BCUT2D eigenvalue weighted by atomic mass is 79.9. The van der Waals surface area contributed by atoms with E-state index in [1.54, 1.807) is 17.2 Å². The van der Waals surface area contributed by atoms with Crippen molar-refractivity contribution in [1.82, 2.24) is 25.0 Å². The predicted molar refractivity (Wildman–Crippen MR) is 75.7 cm³/mol. The Morgan fingerprint density at radius 2 is 2.21 bits per heavy atom. The Balaban J connectivity index is 1.78. The summed E-state index contributed by atoms with van der Waals surface area (Å²) in [5, 5.41) is 12.0. The number of hydrogen-bond donors (Lipinski definition) is 1. The molecule has 2 heterocycles. The van der Waals surface area contributed by atoms with Crippen LogP contribution in [0.5, 0.6) is 0 Å². The van der Waals surface area contributed by atoms with E-state index in [-0.39, 0.29) is 0 Å². The number of rotatable bonds is 4. The molecule has 6 nitrogen and oxygen atoms in total. The first kappa shape index (κ1) is 12.0. The third-order valence-electron chi connectivity index (χ3n) is 2.70. The van der Waals surface area contributed by atoms with Crippen molar-refractivity contribution >= 4 is 32.7 Å². The van der Waals surface area contributed by atoms with Gasteiger partial charge in [-0.1, -0.05) is 21.1 Å². The van der Waals surface area contributed by atoms with Crippen LogP contribution in [0.15, 0.2) is 41.4 Å². The molecule has 19 heavy (non-hydrogen) atoms. The maximum atomic E-state index is 4.28. The van der Waals surface area contributed by atoms with E-state index in [0.29, 0.717) is 0 Å². The number of nitrogens with zero attached hydrogens (tertiary/aromatic N) is 5. The summed E-state index contributed by atoms with van der Waals surface area (Å²) in [5.74, 6) is 0.825. The van der Waals surface area contributed by atoms with Crippen molar-refractivity contribution in [2.24, 2.45) is 0 Å². The molecule has 0 aliphatic carbocycles. The van der Waals surface area contributed by atoms with Crippen LogP contribution >= 0.6 is 15.9 Å². The van der Waals surface area contributed by atoms with Crippen molar-refractivity contribution < 1.29 is 0 Å². The fourth-order valence-electron chi connectivity index (χ4n) is 1.81. The summed E-state index contributed by atoms with van der Waals surface area (Å²) in [4.78, 5) is 8.52. The van der Waals surface area contributed by atoms with Crippen LogP contribution in [0.4, 0.5) is 5.82 Å². The van der Waals surface area contributed by atoms with Gasteiger partial charge in [-0.15, -0.1) is 5.10 Å². The smallest absolute Gasteiger partial charge is 0.137 e. The maximum absolute atomic E-state index is 4.28. The van der Waals surface area contributed by atoms with Gasteiger partial charge in [0.1, 0.15) is 12.1 Å². The van der Waals surface area contributed by atoms with Gasteiger partial charge in [0.25, 0.3) is 0 Å². The first-order chi connectivity index (χ1) is 9.33. The number of halogens is 1. The van der Waals surface area contributed by atoms with E-state index >= 15 is 0 Å². The van der Waals surface area contributed by atoms with E-state index in [1.807, 2.05) is 24.4 Å². The third kappa shape index (κ3) is 2.70. The van der Waals surface area contributed by atoms with Crippen molar-refractivity contribution in [3.63, 3.8) is 0 Å². The zero-order valence-electron chi connectivity index (χ0n) is 9.99. The van der Waals surface area contributed by atoms with E-state index in [9.17, 15) is 0 Å². The minimum absolute atomic E-state index is 0.724. The molecule has 0 radical (unpaired) electrons. The van der Waals surface area contributed by atoms with Crippen LogP contribution in [0.1, 0.15) is 0 Å². The van der Waals surface area contributed by atoms with Crippen molar-refractivity contribution in [3.05, 3.63) is 41.4 Å². The van der Waals surface area contributed by atoms with Gasteiger partial charge in [-0.25, -0.2) is 9.97 Å². The topological polar surface area (TPSA) is 68.5 Å². The van der Waals surface area contributed by atoms with Crippen LogP contribution < -0.4 is 5.32 Å². The SMILES string of the molecule is Brc1ccc2ncnc(NCCn3ccnn3)c2c1. The predicted octanol–water partition coefficient (Wildman–Crippen LogP) is 2.10. The van der Waals surface area contributed by atoms with Crippen LogP contribution in [0.25, 0.3) is 10.9 Å². The Bertz CT molecular complexity index is 682. The van der Waals surface area contributed by atoms with E-state index in [0.717, 1.165) is 34.3 Å². The second-order valence-corrected chi connectivity index (χ2v) is 4.89. The average Bonchev–Trinajstić information content (AvgIpc) is 2.92. The number of benzene rings is 1. The largest absolute Gasteiger partial charge is 0.368 e. The van der Waals surface area contributed by atoms with Crippen LogP contribution in [0, 0.1) is 0 Å². The van der Waals surface area contributed by atoms with Crippen molar-refractivity contribution in [2.75, 3.05) is 11.9 Å². The van der Waals surface area contributed by atoms with Gasteiger partial charge in [0.2, 0.25) is 0 Å². The van der Waals surface area contributed by atoms with Crippen LogP contribution in [0.2, 0.25) is 0 Å². The summed E-state index contributed by atoms with van der Waals surface area (Å²) < 4.78 is 2.78. The molecule has 0 bridgehead atoms. The summed E-state index contributed by atoms with van der Waals surface area (Å²) in [6.45, 7) is 1.46. The van der Waals surface area contributed by atoms with Crippen LogP contribution in [0.3, 0.4) is 0 Å². The zero-order chi connectivity index (χ0) is 13.1. The minimum atomic E-state index is 0.724. The molecule has 0 spiro atoms. The molecule has 1 N–H and O–H groups in total. The lowest BCUT2D eigenvalue weighted by atomic mass is 10.2. The Hall–Kier alpha value is -2.02. The second-order valence-electron chi connectivity index (χ2n) is 3.98. The fourth-order valence-corrected chi connectivity index (χ4v) is 2.17. The average molecular weight is 319 g/mol. The normalized spacial score (nSPS) is 10.8. The molecule has 0 unspecified atom stereocenters. The Morgan fingerprint density at radius 1 is 1.26 bits per heavy atom. The minimum Gasteiger partial charge on any atom is -0.368 e. The Kier molecular flexibility index (Phi) is 3.37. The molecule has 0 saturated carbocycles. The molecule has 3 rings (SSSR count). The number of fused-ring (bicyclic) bond motifs is 1. The van der Waals surface area contributed by atoms with Gasteiger partial charge in [0.05, 0.1) is 18.3 Å². The van der Waals surface area contributed by atoms with Gasteiger partial charge < -0.3 is 5.32 Å². The summed E-state index contributed by atoms with van der Waals surface area (Å²) in [6, 6.07) is 5.94. The van der Waals surface area contributed by atoms with Crippen molar-refractivity contribution in [3.8, 4) is 0 Å². The zero-order valence-corrected chi connectivity index (χ0v) is 11.6. The molecule has 7 heteroatoms.